The zero-order valence-corrected chi connectivity index (χ0v) is 14.8. The summed E-state index contributed by atoms with van der Waals surface area (Å²) in [6.45, 7) is 1.77. The van der Waals surface area contributed by atoms with Gasteiger partial charge in [0.05, 0.1) is 0 Å². The number of aromatic nitrogens is 3. The Kier molecular flexibility index (Phi) is 4.70. The molecular weight excluding hydrogens is 332 g/mol. The molecule has 1 amide bonds. The van der Waals surface area contributed by atoms with Crippen LogP contribution in [0, 0.1) is 0 Å². The maximum atomic E-state index is 12.5. The molecule has 25 heavy (non-hydrogen) atoms. The normalized spacial score (nSPS) is 14.8. The van der Waals surface area contributed by atoms with Crippen molar-refractivity contribution in [2.24, 2.45) is 0 Å². The standard InChI is InChI=1S/C19H20N4OS/c24-18(22-11-3-1-4-12-22)16-9-7-15(8-10-16)14-25-19-21-20-17-6-2-5-13-23(17)19/h2,5-10,13H,1,3-4,11-12,14H2. The van der Waals surface area contributed by atoms with E-state index in [0.29, 0.717) is 0 Å². The van der Waals surface area contributed by atoms with E-state index in [2.05, 4.69) is 10.2 Å². The van der Waals surface area contributed by atoms with Crippen LogP contribution in [0.3, 0.4) is 0 Å². The zero-order chi connectivity index (χ0) is 17.1. The molecule has 1 saturated heterocycles. The summed E-state index contributed by atoms with van der Waals surface area (Å²) in [5.74, 6) is 0.954. The Morgan fingerprint density at radius 1 is 1.00 bits per heavy atom. The van der Waals surface area contributed by atoms with Crippen LogP contribution in [-0.2, 0) is 5.75 Å². The van der Waals surface area contributed by atoms with Gasteiger partial charge >= 0.3 is 0 Å². The van der Waals surface area contributed by atoms with Gasteiger partial charge in [-0.05, 0) is 49.1 Å². The number of nitrogens with zero attached hydrogens (tertiary/aromatic N) is 4. The Hall–Kier alpha value is -2.34. The number of hydrogen-bond acceptors (Lipinski definition) is 4. The van der Waals surface area contributed by atoms with E-state index < -0.39 is 0 Å². The van der Waals surface area contributed by atoms with E-state index >= 15 is 0 Å². The first kappa shape index (κ1) is 16.1. The van der Waals surface area contributed by atoms with Gasteiger partial charge in [0.1, 0.15) is 0 Å². The molecule has 1 aromatic carbocycles. The average Bonchev–Trinajstić information content (AvgIpc) is 3.10. The Morgan fingerprint density at radius 2 is 1.80 bits per heavy atom. The van der Waals surface area contributed by atoms with Gasteiger partial charge in [-0.1, -0.05) is 30.0 Å². The first-order valence-electron chi connectivity index (χ1n) is 8.62. The van der Waals surface area contributed by atoms with E-state index in [9.17, 15) is 4.79 Å². The van der Waals surface area contributed by atoms with Crippen molar-refractivity contribution in [3.05, 3.63) is 59.8 Å². The molecule has 128 valence electrons. The van der Waals surface area contributed by atoms with Crippen LogP contribution in [0.5, 0.6) is 0 Å². The van der Waals surface area contributed by atoms with Gasteiger partial charge < -0.3 is 4.90 Å². The average molecular weight is 352 g/mol. The highest BCUT2D eigenvalue weighted by Gasteiger charge is 2.17. The van der Waals surface area contributed by atoms with Crippen LogP contribution in [0.4, 0.5) is 0 Å². The van der Waals surface area contributed by atoms with Crippen molar-refractivity contribution < 1.29 is 4.79 Å². The number of carbonyl (C=O) groups excluding carboxylic acids is 1. The second kappa shape index (κ2) is 7.27. The smallest absolute Gasteiger partial charge is 0.253 e. The fourth-order valence-corrected chi connectivity index (χ4v) is 3.97. The molecule has 4 rings (SSSR count). The van der Waals surface area contributed by atoms with Gasteiger partial charge in [-0.3, -0.25) is 9.20 Å². The van der Waals surface area contributed by atoms with Gasteiger partial charge in [-0.15, -0.1) is 10.2 Å². The largest absolute Gasteiger partial charge is 0.339 e. The molecule has 0 N–H and O–H groups in total. The SMILES string of the molecule is O=C(c1ccc(CSc2nnc3ccccn23)cc1)N1CCCCC1. The highest BCUT2D eigenvalue weighted by Crippen LogP contribution is 2.22. The van der Waals surface area contributed by atoms with E-state index in [1.807, 2.05) is 58.0 Å². The van der Waals surface area contributed by atoms with Crippen LogP contribution in [0.25, 0.3) is 5.65 Å². The summed E-state index contributed by atoms with van der Waals surface area (Å²) in [5, 5.41) is 9.27. The van der Waals surface area contributed by atoms with E-state index in [-0.39, 0.29) is 5.91 Å². The van der Waals surface area contributed by atoms with Gasteiger partial charge in [0.15, 0.2) is 10.8 Å². The monoisotopic (exact) mass is 352 g/mol. The van der Waals surface area contributed by atoms with Crippen molar-refractivity contribution in [2.45, 2.75) is 30.2 Å². The third-order valence-corrected chi connectivity index (χ3v) is 5.51. The molecule has 5 nitrogen and oxygen atoms in total. The number of carbonyl (C=O) groups is 1. The summed E-state index contributed by atoms with van der Waals surface area (Å²) < 4.78 is 1.99. The predicted molar refractivity (Wildman–Crippen MR) is 98.7 cm³/mol. The van der Waals surface area contributed by atoms with Gasteiger partial charge in [0.25, 0.3) is 5.91 Å². The molecule has 1 aliphatic heterocycles. The summed E-state index contributed by atoms with van der Waals surface area (Å²) in [6.07, 6.45) is 5.44. The number of thioether (sulfide) groups is 1. The van der Waals surface area contributed by atoms with Crippen molar-refractivity contribution in [2.75, 3.05) is 13.1 Å². The fraction of sp³-hybridized carbons (Fsp3) is 0.316. The van der Waals surface area contributed by atoms with Crippen LogP contribution in [0.2, 0.25) is 0 Å². The molecule has 3 aromatic rings. The lowest BCUT2D eigenvalue weighted by atomic mass is 10.1. The number of pyridine rings is 1. The zero-order valence-electron chi connectivity index (χ0n) is 14.0. The maximum Gasteiger partial charge on any atom is 0.253 e. The third-order valence-electron chi connectivity index (χ3n) is 4.49. The first-order chi connectivity index (χ1) is 12.3. The maximum absolute atomic E-state index is 12.5. The molecule has 0 radical (unpaired) electrons. The van der Waals surface area contributed by atoms with Crippen LogP contribution in [0.15, 0.2) is 53.8 Å². The van der Waals surface area contributed by atoms with Crippen LogP contribution in [-0.4, -0.2) is 38.5 Å². The number of amides is 1. The Labute approximate surface area is 151 Å². The number of likely N-dealkylation sites (tertiary alicyclic amines) is 1. The minimum atomic E-state index is 0.155. The van der Waals surface area contributed by atoms with Crippen LogP contribution in [0.1, 0.15) is 35.2 Å². The molecule has 0 atom stereocenters. The highest BCUT2D eigenvalue weighted by atomic mass is 32.2. The van der Waals surface area contributed by atoms with Crippen LogP contribution >= 0.6 is 11.8 Å². The number of rotatable bonds is 4. The van der Waals surface area contributed by atoms with E-state index in [0.717, 1.165) is 48.1 Å². The molecule has 0 spiro atoms. The Bertz CT molecular complexity index is 869. The first-order valence-corrected chi connectivity index (χ1v) is 9.60. The minimum absolute atomic E-state index is 0.155. The van der Waals surface area contributed by atoms with Gasteiger partial charge in [-0.25, -0.2) is 0 Å². The predicted octanol–water partition coefficient (Wildman–Crippen LogP) is 3.65. The molecule has 1 fully saturated rings. The number of benzene rings is 1. The molecule has 3 heterocycles. The lowest BCUT2D eigenvalue weighted by molar-refractivity contribution is 0.0724. The summed E-state index contributed by atoms with van der Waals surface area (Å²) in [7, 11) is 0. The molecule has 0 saturated carbocycles. The lowest BCUT2D eigenvalue weighted by Gasteiger charge is -2.26. The Balaban J connectivity index is 1.41. The molecule has 6 heteroatoms. The van der Waals surface area contributed by atoms with E-state index in [1.54, 1.807) is 11.8 Å². The minimum Gasteiger partial charge on any atom is -0.339 e. The summed E-state index contributed by atoms with van der Waals surface area (Å²) in [4.78, 5) is 14.5. The second-order valence-electron chi connectivity index (χ2n) is 6.25. The third kappa shape index (κ3) is 3.54. The molecular formula is C19H20N4OS. The fourth-order valence-electron chi connectivity index (χ4n) is 3.09. The molecule has 0 aliphatic carbocycles. The topological polar surface area (TPSA) is 50.5 Å². The molecule has 0 bridgehead atoms. The van der Waals surface area contributed by atoms with Crippen molar-refractivity contribution in [3.63, 3.8) is 0 Å². The van der Waals surface area contributed by atoms with Crippen molar-refractivity contribution in [1.82, 2.24) is 19.5 Å². The Morgan fingerprint density at radius 3 is 2.60 bits per heavy atom. The van der Waals surface area contributed by atoms with Gasteiger partial charge in [-0.2, -0.15) is 0 Å². The number of hydrogen-bond donors (Lipinski definition) is 0. The molecule has 0 unspecified atom stereocenters. The highest BCUT2D eigenvalue weighted by molar-refractivity contribution is 7.98. The summed E-state index contributed by atoms with van der Waals surface area (Å²) in [6, 6.07) is 13.8. The second-order valence-corrected chi connectivity index (χ2v) is 7.19. The van der Waals surface area contributed by atoms with E-state index in [4.69, 9.17) is 0 Å². The summed E-state index contributed by atoms with van der Waals surface area (Å²) >= 11 is 1.65. The quantitative estimate of drug-likeness (QED) is 0.673. The molecule has 1 aliphatic rings. The van der Waals surface area contributed by atoms with Crippen molar-refractivity contribution in [1.29, 1.82) is 0 Å². The lowest BCUT2D eigenvalue weighted by Crippen LogP contribution is -2.35. The summed E-state index contributed by atoms with van der Waals surface area (Å²) in [5.41, 5.74) is 2.81. The van der Waals surface area contributed by atoms with Crippen molar-refractivity contribution in [3.8, 4) is 0 Å². The van der Waals surface area contributed by atoms with Gasteiger partial charge in [0, 0.05) is 30.6 Å². The number of piperidine rings is 1. The van der Waals surface area contributed by atoms with E-state index in [1.165, 1.54) is 12.0 Å². The van der Waals surface area contributed by atoms with Gasteiger partial charge in [0.2, 0.25) is 0 Å². The van der Waals surface area contributed by atoms with Crippen molar-refractivity contribution >= 4 is 23.3 Å². The molecule has 2 aromatic heterocycles. The number of fused-ring (bicyclic) bond motifs is 1. The van der Waals surface area contributed by atoms with Crippen LogP contribution < -0.4 is 0 Å².